The summed E-state index contributed by atoms with van der Waals surface area (Å²) < 4.78 is 5.65. The van der Waals surface area contributed by atoms with Crippen LogP contribution in [0.1, 0.15) is 32.3 Å². The molecule has 0 spiro atoms. The van der Waals surface area contributed by atoms with E-state index in [1.807, 2.05) is 6.92 Å². The zero-order valence-electron chi connectivity index (χ0n) is 10.4. The molecule has 1 aromatic carbocycles. The van der Waals surface area contributed by atoms with Gasteiger partial charge in [-0.25, -0.2) is 0 Å². The molecule has 1 fully saturated rings. The molecule has 0 bridgehead atoms. The third-order valence-electron chi connectivity index (χ3n) is 3.17. The third kappa shape index (κ3) is 2.49. The monoisotopic (exact) mass is 219 g/mol. The summed E-state index contributed by atoms with van der Waals surface area (Å²) in [5, 5.41) is 3.56. The first-order valence-electron chi connectivity index (χ1n) is 6.19. The second-order valence-corrected chi connectivity index (χ2v) is 4.85. The van der Waals surface area contributed by atoms with E-state index in [1.54, 1.807) is 0 Å². The van der Waals surface area contributed by atoms with Gasteiger partial charge in [0.15, 0.2) is 0 Å². The Morgan fingerprint density at radius 2 is 2.12 bits per heavy atom. The number of aryl methyl sites for hydroxylation is 1. The lowest BCUT2D eigenvalue weighted by molar-refractivity contribution is 0.305. The van der Waals surface area contributed by atoms with Crippen LogP contribution in [0.3, 0.4) is 0 Å². The molecule has 0 aromatic heterocycles. The Morgan fingerprint density at radius 3 is 2.75 bits per heavy atom. The van der Waals surface area contributed by atoms with Crippen molar-refractivity contribution in [1.82, 2.24) is 0 Å². The summed E-state index contributed by atoms with van der Waals surface area (Å²) in [5.41, 5.74) is 2.39. The number of rotatable bonds is 4. The van der Waals surface area contributed by atoms with Crippen molar-refractivity contribution in [1.29, 1.82) is 0 Å². The van der Waals surface area contributed by atoms with Gasteiger partial charge in [0.2, 0.25) is 0 Å². The van der Waals surface area contributed by atoms with Crippen LogP contribution in [0.4, 0.5) is 5.69 Å². The fourth-order valence-corrected chi connectivity index (χ4v) is 2.26. The van der Waals surface area contributed by atoms with E-state index in [0.717, 1.165) is 24.0 Å². The molecular formula is C14H21NO. The second-order valence-electron chi connectivity index (χ2n) is 4.85. The van der Waals surface area contributed by atoms with Crippen LogP contribution < -0.4 is 10.1 Å². The highest BCUT2D eigenvalue weighted by molar-refractivity contribution is 5.58. The molecule has 2 rings (SSSR count). The van der Waals surface area contributed by atoms with Gasteiger partial charge in [0.05, 0.1) is 12.3 Å². The summed E-state index contributed by atoms with van der Waals surface area (Å²) in [6.07, 6.45) is 2.55. The third-order valence-corrected chi connectivity index (χ3v) is 3.17. The smallest absolute Gasteiger partial charge is 0.142 e. The van der Waals surface area contributed by atoms with Gasteiger partial charge in [-0.2, -0.15) is 0 Å². The Hall–Kier alpha value is -1.18. The van der Waals surface area contributed by atoms with E-state index in [4.69, 9.17) is 4.74 Å². The van der Waals surface area contributed by atoms with Crippen LogP contribution in [-0.2, 0) is 0 Å². The average molecular weight is 219 g/mol. The molecule has 0 amide bonds. The number of benzene rings is 1. The average Bonchev–Trinajstić information content (AvgIpc) is 2.20. The zero-order valence-corrected chi connectivity index (χ0v) is 10.4. The Kier molecular flexibility index (Phi) is 3.37. The summed E-state index contributed by atoms with van der Waals surface area (Å²) in [4.78, 5) is 0. The van der Waals surface area contributed by atoms with Crippen molar-refractivity contribution in [2.45, 2.75) is 39.7 Å². The Bertz CT molecular complexity index is 356. The van der Waals surface area contributed by atoms with Crippen LogP contribution in [0.5, 0.6) is 5.75 Å². The van der Waals surface area contributed by atoms with E-state index in [0.29, 0.717) is 6.04 Å². The molecule has 1 saturated carbocycles. The SMILES string of the molecule is CCOc1cc(C)ccc1NC1CC(C)C1. The van der Waals surface area contributed by atoms with Crippen molar-refractivity contribution >= 4 is 5.69 Å². The minimum Gasteiger partial charge on any atom is -0.492 e. The van der Waals surface area contributed by atoms with E-state index in [9.17, 15) is 0 Å². The van der Waals surface area contributed by atoms with E-state index < -0.39 is 0 Å². The van der Waals surface area contributed by atoms with Gasteiger partial charge in [-0.3, -0.25) is 0 Å². The van der Waals surface area contributed by atoms with E-state index in [1.165, 1.54) is 18.4 Å². The number of ether oxygens (including phenoxy) is 1. The maximum absolute atomic E-state index is 5.65. The van der Waals surface area contributed by atoms with Crippen molar-refractivity contribution < 1.29 is 4.74 Å². The maximum Gasteiger partial charge on any atom is 0.142 e. The van der Waals surface area contributed by atoms with Crippen LogP contribution in [-0.4, -0.2) is 12.6 Å². The fraction of sp³-hybridized carbons (Fsp3) is 0.571. The zero-order chi connectivity index (χ0) is 11.5. The van der Waals surface area contributed by atoms with E-state index >= 15 is 0 Å². The molecule has 0 atom stereocenters. The van der Waals surface area contributed by atoms with Gasteiger partial charge < -0.3 is 10.1 Å². The van der Waals surface area contributed by atoms with Crippen molar-refractivity contribution in [3.63, 3.8) is 0 Å². The maximum atomic E-state index is 5.65. The molecule has 2 nitrogen and oxygen atoms in total. The number of hydrogen-bond donors (Lipinski definition) is 1. The summed E-state index contributed by atoms with van der Waals surface area (Å²) in [5.74, 6) is 1.86. The van der Waals surface area contributed by atoms with Gasteiger partial charge in [0.1, 0.15) is 5.75 Å². The second kappa shape index (κ2) is 4.77. The molecule has 0 radical (unpaired) electrons. The van der Waals surface area contributed by atoms with Crippen molar-refractivity contribution in [2.75, 3.05) is 11.9 Å². The standard InChI is InChI=1S/C14H21NO/c1-4-16-14-9-10(2)5-6-13(14)15-12-7-11(3)8-12/h5-6,9,11-12,15H,4,7-8H2,1-3H3. The topological polar surface area (TPSA) is 21.3 Å². The molecule has 16 heavy (non-hydrogen) atoms. The van der Waals surface area contributed by atoms with Gasteiger partial charge in [0, 0.05) is 6.04 Å². The lowest BCUT2D eigenvalue weighted by Crippen LogP contribution is -2.33. The van der Waals surface area contributed by atoms with Crippen LogP contribution in [0.15, 0.2) is 18.2 Å². The van der Waals surface area contributed by atoms with Gasteiger partial charge in [-0.15, -0.1) is 0 Å². The fourth-order valence-electron chi connectivity index (χ4n) is 2.26. The minimum atomic E-state index is 0.636. The lowest BCUT2D eigenvalue weighted by Gasteiger charge is -2.34. The molecule has 0 saturated heterocycles. The summed E-state index contributed by atoms with van der Waals surface area (Å²) in [6, 6.07) is 7.00. The quantitative estimate of drug-likeness (QED) is 0.835. The molecule has 0 unspecified atom stereocenters. The molecule has 1 aliphatic carbocycles. The first kappa shape index (κ1) is 11.3. The van der Waals surface area contributed by atoms with Gasteiger partial charge in [-0.1, -0.05) is 13.0 Å². The number of hydrogen-bond acceptors (Lipinski definition) is 2. The van der Waals surface area contributed by atoms with Gasteiger partial charge in [-0.05, 0) is 50.3 Å². The summed E-state index contributed by atoms with van der Waals surface area (Å²) in [7, 11) is 0. The lowest BCUT2D eigenvalue weighted by atomic mass is 9.82. The predicted octanol–water partition coefficient (Wildman–Crippen LogP) is 3.60. The highest BCUT2D eigenvalue weighted by Gasteiger charge is 2.25. The Morgan fingerprint density at radius 1 is 1.38 bits per heavy atom. The molecular weight excluding hydrogens is 198 g/mol. The Balaban J connectivity index is 2.06. The molecule has 2 heteroatoms. The highest BCUT2D eigenvalue weighted by Crippen LogP contribution is 2.33. The normalized spacial score (nSPS) is 23.7. The van der Waals surface area contributed by atoms with E-state index in [-0.39, 0.29) is 0 Å². The largest absolute Gasteiger partial charge is 0.492 e. The van der Waals surface area contributed by atoms with Crippen LogP contribution >= 0.6 is 0 Å². The van der Waals surface area contributed by atoms with E-state index in [2.05, 4.69) is 37.4 Å². The Labute approximate surface area is 98.0 Å². The first-order chi connectivity index (χ1) is 7.69. The summed E-state index contributed by atoms with van der Waals surface area (Å²) in [6.45, 7) is 7.14. The molecule has 1 aromatic rings. The van der Waals surface area contributed by atoms with Gasteiger partial charge in [0.25, 0.3) is 0 Å². The van der Waals surface area contributed by atoms with Gasteiger partial charge >= 0.3 is 0 Å². The van der Waals surface area contributed by atoms with Crippen molar-refractivity contribution in [3.8, 4) is 5.75 Å². The van der Waals surface area contributed by atoms with Crippen molar-refractivity contribution in [2.24, 2.45) is 5.92 Å². The molecule has 88 valence electrons. The minimum absolute atomic E-state index is 0.636. The molecule has 1 N–H and O–H groups in total. The molecule has 1 aliphatic rings. The van der Waals surface area contributed by atoms with Crippen molar-refractivity contribution in [3.05, 3.63) is 23.8 Å². The van der Waals surface area contributed by atoms with Crippen LogP contribution in [0, 0.1) is 12.8 Å². The molecule has 0 aliphatic heterocycles. The molecule has 0 heterocycles. The predicted molar refractivity (Wildman–Crippen MR) is 68.2 cm³/mol. The highest BCUT2D eigenvalue weighted by atomic mass is 16.5. The van der Waals surface area contributed by atoms with Crippen LogP contribution in [0.25, 0.3) is 0 Å². The first-order valence-corrected chi connectivity index (χ1v) is 6.19. The van der Waals surface area contributed by atoms with Crippen LogP contribution in [0.2, 0.25) is 0 Å². The number of anilines is 1. The summed E-state index contributed by atoms with van der Waals surface area (Å²) >= 11 is 0. The number of nitrogens with one attached hydrogen (secondary N) is 1.